The molecule has 1 atom stereocenters. The van der Waals surface area contributed by atoms with E-state index in [9.17, 15) is 25.9 Å². The van der Waals surface area contributed by atoms with Gasteiger partial charge in [0, 0.05) is 12.3 Å². The van der Waals surface area contributed by atoms with Gasteiger partial charge in [-0.1, -0.05) is 48.6 Å². The Labute approximate surface area is 172 Å². The molecule has 148 valence electrons. The predicted octanol–water partition coefficient (Wildman–Crippen LogP) is 2.65. The van der Waals surface area contributed by atoms with Crippen molar-refractivity contribution in [2.24, 2.45) is 15.9 Å². The highest BCUT2D eigenvalue weighted by Crippen LogP contribution is 2.46. The summed E-state index contributed by atoms with van der Waals surface area (Å²) in [5, 5.41) is 3.97. The fraction of sp³-hybridized carbons (Fsp3) is 0.250. The fourth-order valence-corrected chi connectivity index (χ4v) is 6.10. The minimum absolute atomic E-state index is 0.640. The van der Waals surface area contributed by atoms with E-state index in [2.05, 4.69) is 34.4 Å². The van der Waals surface area contributed by atoms with Crippen LogP contribution in [0.4, 0.5) is 0 Å². The van der Waals surface area contributed by atoms with Crippen LogP contribution in [-0.4, -0.2) is 46.0 Å². The van der Waals surface area contributed by atoms with Gasteiger partial charge in [-0.15, -0.1) is 0 Å². The predicted molar refractivity (Wildman–Crippen MR) is 111 cm³/mol. The maximum Gasteiger partial charge on any atom is 0.288 e. The monoisotopic (exact) mass is 458 g/mol. The number of hydrogen-bond acceptors (Lipinski definition) is 8. The lowest BCUT2D eigenvalue weighted by Crippen LogP contribution is -2.56. The zero-order valence-corrected chi connectivity index (χ0v) is 17.3. The molecule has 0 spiro atoms. The van der Waals surface area contributed by atoms with Crippen molar-refractivity contribution in [3.8, 4) is 0 Å². The third-order valence-corrected chi connectivity index (χ3v) is 8.26. The molecule has 1 aromatic rings. The standard InChI is InChI=1S/C16H14N2O6S4/c19-27(20,21)16(28(22,23)24)10-15(17-11-25,18-12-26)9-8-14(16)7-6-13-4-2-1-3-5-13/h1-9,14H,10H2,(H,19,20,21)(H,22,23,24). The summed E-state index contributed by atoms with van der Waals surface area (Å²) < 4.78 is 65.6. The molecule has 0 amide bonds. The number of nitrogens with zero attached hydrogens (tertiary/aromatic N) is 2. The van der Waals surface area contributed by atoms with Crippen LogP contribution in [0.2, 0.25) is 0 Å². The zero-order chi connectivity index (χ0) is 21.1. The molecule has 0 heterocycles. The molecule has 2 N–H and O–H groups in total. The molecule has 8 nitrogen and oxygen atoms in total. The number of aliphatic imine (C=N–C) groups is 2. The van der Waals surface area contributed by atoms with Gasteiger partial charge >= 0.3 is 0 Å². The van der Waals surface area contributed by atoms with E-state index < -0.39 is 42.3 Å². The lowest BCUT2D eigenvalue weighted by Gasteiger charge is -2.39. The van der Waals surface area contributed by atoms with Crippen LogP contribution in [0.5, 0.6) is 0 Å². The van der Waals surface area contributed by atoms with Crippen molar-refractivity contribution >= 4 is 61.1 Å². The molecule has 0 fully saturated rings. The topological polar surface area (TPSA) is 133 Å². The van der Waals surface area contributed by atoms with E-state index in [0.29, 0.717) is 5.56 Å². The molecule has 0 aromatic heterocycles. The van der Waals surface area contributed by atoms with E-state index in [0.717, 1.165) is 6.08 Å². The lowest BCUT2D eigenvalue weighted by atomic mass is 9.87. The van der Waals surface area contributed by atoms with E-state index >= 15 is 0 Å². The van der Waals surface area contributed by atoms with Gasteiger partial charge < -0.3 is 0 Å². The first kappa shape index (κ1) is 22.4. The fourth-order valence-electron chi connectivity index (χ4n) is 2.93. The Hall–Kier alpha value is -1.88. The maximum absolute atomic E-state index is 12.2. The molecule has 28 heavy (non-hydrogen) atoms. The Morgan fingerprint density at radius 1 is 1.04 bits per heavy atom. The largest absolute Gasteiger partial charge is 0.288 e. The normalized spacial score (nSPS) is 24.3. The van der Waals surface area contributed by atoms with Gasteiger partial charge in [0.05, 0.1) is 10.3 Å². The van der Waals surface area contributed by atoms with Gasteiger partial charge in [0.1, 0.15) is 0 Å². The highest BCUT2D eigenvalue weighted by Gasteiger charge is 2.64. The van der Waals surface area contributed by atoms with E-state index in [4.69, 9.17) is 0 Å². The van der Waals surface area contributed by atoms with Crippen LogP contribution in [0, 0.1) is 5.92 Å². The van der Waals surface area contributed by atoms with Crippen LogP contribution in [0.25, 0.3) is 6.08 Å². The van der Waals surface area contributed by atoms with Crippen molar-refractivity contribution in [1.82, 2.24) is 0 Å². The first-order valence-corrected chi connectivity index (χ1v) is 11.3. The number of isothiocyanates is 2. The van der Waals surface area contributed by atoms with Crippen LogP contribution >= 0.6 is 24.4 Å². The van der Waals surface area contributed by atoms with Crippen molar-refractivity contribution in [2.45, 2.75) is 16.2 Å². The van der Waals surface area contributed by atoms with Crippen molar-refractivity contribution < 1.29 is 25.9 Å². The zero-order valence-electron chi connectivity index (χ0n) is 14.0. The average molecular weight is 459 g/mol. The van der Waals surface area contributed by atoms with Crippen LogP contribution in [0.3, 0.4) is 0 Å². The summed E-state index contributed by atoms with van der Waals surface area (Å²) in [4.78, 5) is 7.37. The van der Waals surface area contributed by atoms with Crippen molar-refractivity contribution in [3.63, 3.8) is 0 Å². The molecule has 1 aromatic carbocycles. The Morgan fingerprint density at radius 3 is 2.04 bits per heavy atom. The summed E-state index contributed by atoms with van der Waals surface area (Å²) in [6.07, 6.45) is 4.11. The second kappa shape index (κ2) is 8.24. The molecule has 2 rings (SSSR count). The number of thiocarbonyl (C=S) groups is 2. The van der Waals surface area contributed by atoms with Crippen molar-refractivity contribution in [2.75, 3.05) is 0 Å². The molecule has 0 aliphatic heterocycles. The van der Waals surface area contributed by atoms with Crippen molar-refractivity contribution in [1.29, 1.82) is 0 Å². The second-order valence-corrected chi connectivity index (χ2v) is 9.86. The Balaban J connectivity index is 2.79. The summed E-state index contributed by atoms with van der Waals surface area (Å²) in [7, 11) is -10.8. The van der Waals surface area contributed by atoms with E-state index in [1.165, 1.54) is 18.2 Å². The first-order valence-electron chi connectivity index (χ1n) is 7.56. The van der Waals surface area contributed by atoms with E-state index in [1.807, 2.05) is 10.3 Å². The van der Waals surface area contributed by atoms with Crippen LogP contribution in [0.15, 0.2) is 58.5 Å². The SMILES string of the molecule is O=S(=O)(O)C1(S(=O)(=O)O)CC(N=C=S)(N=C=S)C=CC1C=Cc1ccccc1. The second-order valence-electron chi connectivity index (χ2n) is 5.88. The molecule has 12 heteroatoms. The summed E-state index contributed by atoms with van der Waals surface area (Å²) >= 11 is 9.03. The number of rotatable bonds is 6. The van der Waals surface area contributed by atoms with E-state index in [1.54, 1.807) is 30.3 Å². The molecular weight excluding hydrogens is 444 g/mol. The van der Waals surface area contributed by atoms with Gasteiger partial charge in [0.25, 0.3) is 20.2 Å². The molecule has 1 aliphatic rings. The van der Waals surface area contributed by atoms with Gasteiger partial charge in [0.15, 0.2) is 5.66 Å². The molecule has 0 radical (unpaired) electrons. The van der Waals surface area contributed by atoms with Gasteiger partial charge in [-0.05, 0) is 36.1 Å². The van der Waals surface area contributed by atoms with Crippen LogP contribution in [-0.2, 0) is 20.2 Å². The molecule has 0 saturated carbocycles. The summed E-state index contributed by atoms with van der Waals surface area (Å²) in [6, 6.07) is 8.61. The number of hydrogen-bond donors (Lipinski definition) is 2. The molecule has 0 saturated heterocycles. The highest BCUT2D eigenvalue weighted by molar-refractivity contribution is 8.05. The Bertz CT molecular complexity index is 1060. The minimum atomic E-state index is -5.39. The lowest BCUT2D eigenvalue weighted by molar-refractivity contribution is 0.346. The summed E-state index contributed by atoms with van der Waals surface area (Å²) in [5.41, 5.74) is -1.27. The van der Waals surface area contributed by atoms with Gasteiger partial charge in [-0.25, -0.2) is 0 Å². The third-order valence-electron chi connectivity index (χ3n) is 4.23. The smallest absolute Gasteiger partial charge is 0.284 e. The molecule has 1 unspecified atom stereocenters. The van der Waals surface area contributed by atoms with Crippen molar-refractivity contribution in [3.05, 3.63) is 54.1 Å². The first-order chi connectivity index (χ1) is 13.0. The molecule has 0 bridgehead atoms. The third kappa shape index (κ3) is 4.24. The van der Waals surface area contributed by atoms with E-state index in [-0.39, 0.29) is 0 Å². The highest BCUT2D eigenvalue weighted by atomic mass is 32.3. The maximum atomic E-state index is 12.2. The summed E-state index contributed by atoms with van der Waals surface area (Å²) in [6.45, 7) is 0. The van der Waals surface area contributed by atoms with Crippen LogP contribution in [0.1, 0.15) is 12.0 Å². The minimum Gasteiger partial charge on any atom is -0.284 e. The van der Waals surface area contributed by atoms with Gasteiger partial charge in [-0.3, -0.25) is 9.11 Å². The number of allylic oxidation sites excluding steroid dienone is 2. The molecule has 1 aliphatic carbocycles. The Morgan fingerprint density at radius 2 is 1.57 bits per heavy atom. The summed E-state index contributed by atoms with van der Waals surface area (Å²) in [5.74, 6) is -1.47. The van der Waals surface area contributed by atoms with Gasteiger partial charge in [-0.2, -0.15) is 26.8 Å². The quantitative estimate of drug-likeness (QED) is 0.288. The Kier molecular flexibility index (Phi) is 6.59. The number of benzene rings is 1. The average Bonchev–Trinajstić information content (AvgIpc) is 2.60. The van der Waals surface area contributed by atoms with Gasteiger partial charge in [0.2, 0.25) is 4.08 Å². The van der Waals surface area contributed by atoms with Crippen LogP contribution < -0.4 is 0 Å². The molecular formula is C16H14N2O6S4.